The van der Waals surface area contributed by atoms with Crippen LogP contribution in [0.2, 0.25) is 0 Å². The summed E-state index contributed by atoms with van der Waals surface area (Å²) in [5.74, 6) is 0. The highest BCUT2D eigenvalue weighted by molar-refractivity contribution is 5.54. The Balaban J connectivity index is 2.17. The summed E-state index contributed by atoms with van der Waals surface area (Å²) in [4.78, 5) is 0. The maximum Gasteiger partial charge on any atom is 0.0994 e. The van der Waals surface area contributed by atoms with Crippen molar-refractivity contribution in [3.05, 3.63) is 29.3 Å². The predicted octanol–water partition coefficient (Wildman–Crippen LogP) is 1.80. The Morgan fingerprint density at radius 2 is 2.27 bits per heavy atom. The minimum atomic E-state index is -0.0966. The molecule has 2 rings (SSSR count). The van der Waals surface area contributed by atoms with Crippen molar-refractivity contribution in [2.75, 3.05) is 11.9 Å². The van der Waals surface area contributed by atoms with Gasteiger partial charge in [-0.1, -0.05) is 0 Å². The first-order valence-corrected chi connectivity index (χ1v) is 5.09. The summed E-state index contributed by atoms with van der Waals surface area (Å²) in [6.45, 7) is 2.09. The van der Waals surface area contributed by atoms with Crippen LogP contribution < -0.4 is 5.32 Å². The lowest BCUT2D eigenvalue weighted by Crippen LogP contribution is -2.25. The molecule has 0 amide bonds. The molecule has 0 atom stereocenters. The van der Waals surface area contributed by atoms with Gasteiger partial charge in [-0.05, 0) is 43.5 Å². The Morgan fingerprint density at radius 1 is 1.53 bits per heavy atom. The van der Waals surface area contributed by atoms with Crippen LogP contribution in [0.5, 0.6) is 0 Å². The Morgan fingerprint density at radius 3 is 2.73 bits per heavy atom. The predicted molar refractivity (Wildman–Crippen MR) is 58.6 cm³/mol. The maximum absolute atomic E-state index is 9.17. The summed E-state index contributed by atoms with van der Waals surface area (Å²) in [5.41, 5.74) is 2.56. The number of hydrogen-bond acceptors (Lipinski definition) is 3. The van der Waals surface area contributed by atoms with Crippen LogP contribution in [0, 0.1) is 18.3 Å². The zero-order chi connectivity index (χ0) is 10.9. The largest absolute Gasteiger partial charge is 0.394 e. The molecular formula is C12H14N2O. The van der Waals surface area contributed by atoms with Crippen LogP contribution in [-0.2, 0) is 0 Å². The standard InChI is InChI=1S/C12H14N2O/c1-9-6-11(3-2-10(9)7-13)14-12(8-15)4-5-12/h2-3,6,14-15H,4-5,8H2,1H3. The zero-order valence-electron chi connectivity index (χ0n) is 8.75. The van der Waals surface area contributed by atoms with Crippen molar-refractivity contribution in [2.24, 2.45) is 0 Å². The molecule has 0 saturated heterocycles. The maximum atomic E-state index is 9.17. The monoisotopic (exact) mass is 202 g/mol. The minimum absolute atomic E-state index is 0.0966. The van der Waals surface area contributed by atoms with Gasteiger partial charge in [-0.15, -0.1) is 0 Å². The lowest BCUT2D eigenvalue weighted by Gasteiger charge is -2.16. The molecule has 0 radical (unpaired) electrons. The number of nitrogens with zero attached hydrogens (tertiary/aromatic N) is 1. The molecule has 1 saturated carbocycles. The van der Waals surface area contributed by atoms with Gasteiger partial charge in [-0.2, -0.15) is 5.26 Å². The van der Waals surface area contributed by atoms with Gasteiger partial charge in [0, 0.05) is 5.69 Å². The van der Waals surface area contributed by atoms with Crippen molar-refractivity contribution in [1.29, 1.82) is 5.26 Å². The van der Waals surface area contributed by atoms with Crippen LogP contribution in [-0.4, -0.2) is 17.3 Å². The van der Waals surface area contributed by atoms with E-state index in [1.165, 1.54) is 0 Å². The van der Waals surface area contributed by atoms with Crippen LogP contribution in [0.15, 0.2) is 18.2 Å². The summed E-state index contributed by atoms with van der Waals surface area (Å²) in [6, 6.07) is 7.79. The minimum Gasteiger partial charge on any atom is -0.394 e. The molecular weight excluding hydrogens is 188 g/mol. The van der Waals surface area contributed by atoms with Crippen molar-refractivity contribution in [2.45, 2.75) is 25.3 Å². The van der Waals surface area contributed by atoms with E-state index in [4.69, 9.17) is 5.26 Å². The first-order valence-electron chi connectivity index (χ1n) is 5.09. The third-order valence-electron chi connectivity index (χ3n) is 2.91. The molecule has 15 heavy (non-hydrogen) atoms. The molecule has 1 aliphatic carbocycles. The second-order valence-electron chi connectivity index (χ2n) is 4.20. The Bertz CT molecular complexity index is 416. The highest BCUT2D eigenvalue weighted by atomic mass is 16.3. The Labute approximate surface area is 89.4 Å². The van der Waals surface area contributed by atoms with Gasteiger partial charge in [0.1, 0.15) is 0 Å². The van der Waals surface area contributed by atoms with Gasteiger partial charge >= 0.3 is 0 Å². The summed E-state index contributed by atoms with van der Waals surface area (Å²) >= 11 is 0. The van der Waals surface area contributed by atoms with E-state index >= 15 is 0 Å². The van der Waals surface area contributed by atoms with E-state index in [0.29, 0.717) is 5.56 Å². The quantitative estimate of drug-likeness (QED) is 0.785. The molecule has 78 valence electrons. The zero-order valence-corrected chi connectivity index (χ0v) is 8.75. The molecule has 0 aliphatic heterocycles. The molecule has 1 aromatic rings. The van der Waals surface area contributed by atoms with Crippen LogP contribution >= 0.6 is 0 Å². The molecule has 0 spiro atoms. The number of nitriles is 1. The van der Waals surface area contributed by atoms with Gasteiger partial charge in [-0.3, -0.25) is 0 Å². The van der Waals surface area contributed by atoms with E-state index in [-0.39, 0.29) is 12.1 Å². The third-order valence-corrected chi connectivity index (χ3v) is 2.91. The number of anilines is 1. The average Bonchev–Trinajstić information content (AvgIpc) is 2.99. The van der Waals surface area contributed by atoms with Gasteiger partial charge in [0.2, 0.25) is 0 Å². The lowest BCUT2D eigenvalue weighted by molar-refractivity contribution is 0.266. The molecule has 2 N–H and O–H groups in total. The van der Waals surface area contributed by atoms with Gasteiger partial charge in [0.15, 0.2) is 0 Å². The number of rotatable bonds is 3. The third kappa shape index (κ3) is 1.95. The van der Waals surface area contributed by atoms with E-state index in [1.54, 1.807) is 0 Å². The van der Waals surface area contributed by atoms with Crippen LogP contribution in [0.1, 0.15) is 24.0 Å². The molecule has 1 fully saturated rings. The Kier molecular flexibility index (Phi) is 2.37. The Hall–Kier alpha value is -1.53. The van der Waals surface area contributed by atoms with Crippen LogP contribution in [0.4, 0.5) is 5.69 Å². The molecule has 1 aromatic carbocycles. The molecule has 0 heterocycles. The summed E-state index contributed by atoms with van der Waals surface area (Å²) < 4.78 is 0. The fourth-order valence-electron chi connectivity index (χ4n) is 1.65. The van der Waals surface area contributed by atoms with Crippen molar-refractivity contribution in [1.82, 2.24) is 0 Å². The van der Waals surface area contributed by atoms with Gasteiger partial charge in [0.05, 0.1) is 23.8 Å². The van der Waals surface area contributed by atoms with Crippen LogP contribution in [0.25, 0.3) is 0 Å². The van der Waals surface area contributed by atoms with Crippen molar-refractivity contribution < 1.29 is 5.11 Å². The number of benzene rings is 1. The number of hydrogen-bond donors (Lipinski definition) is 2. The first kappa shape index (κ1) is 10.0. The smallest absolute Gasteiger partial charge is 0.0994 e. The van der Waals surface area contributed by atoms with E-state index < -0.39 is 0 Å². The van der Waals surface area contributed by atoms with E-state index in [9.17, 15) is 5.11 Å². The molecule has 3 nitrogen and oxygen atoms in total. The SMILES string of the molecule is Cc1cc(NC2(CO)CC2)ccc1C#N. The highest BCUT2D eigenvalue weighted by Crippen LogP contribution is 2.38. The van der Waals surface area contributed by atoms with Gasteiger partial charge in [0.25, 0.3) is 0 Å². The fourth-order valence-corrected chi connectivity index (χ4v) is 1.65. The van der Waals surface area contributed by atoms with E-state index in [1.807, 2.05) is 25.1 Å². The molecule has 3 heteroatoms. The van der Waals surface area contributed by atoms with Crippen molar-refractivity contribution >= 4 is 5.69 Å². The fraction of sp³-hybridized carbons (Fsp3) is 0.417. The highest BCUT2D eigenvalue weighted by Gasteiger charge is 2.41. The molecule has 0 aromatic heterocycles. The van der Waals surface area contributed by atoms with Gasteiger partial charge in [-0.25, -0.2) is 0 Å². The topological polar surface area (TPSA) is 56.0 Å². The van der Waals surface area contributed by atoms with E-state index in [2.05, 4.69) is 11.4 Å². The van der Waals surface area contributed by atoms with Gasteiger partial charge < -0.3 is 10.4 Å². The summed E-state index contributed by atoms with van der Waals surface area (Å²) in [6.07, 6.45) is 2.03. The number of aryl methyl sites for hydroxylation is 1. The molecule has 0 unspecified atom stereocenters. The summed E-state index contributed by atoms with van der Waals surface area (Å²) in [5, 5.41) is 21.3. The van der Waals surface area contributed by atoms with Crippen molar-refractivity contribution in [3.63, 3.8) is 0 Å². The second kappa shape index (κ2) is 3.56. The summed E-state index contributed by atoms with van der Waals surface area (Å²) in [7, 11) is 0. The average molecular weight is 202 g/mol. The normalized spacial score (nSPS) is 16.9. The van der Waals surface area contributed by atoms with Crippen LogP contribution in [0.3, 0.4) is 0 Å². The van der Waals surface area contributed by atoms with Crippen molar-refractivity contribution in [3.8, 4) is 6.07 Å². The number of aliphatic hydroxyl groups excluding tert-OH is 1. The number of nitrogens with one attached hydrogen (secondary N) is 1. The second-order valence-corrected chi connectivity index (χ2v) is 4.20. The number of aliphatic hydroxyl groups is 1. The molecule has 0 bridgehead atoms. The van der Waals surface area contributed by atoms with E-state index in [0.717, 1.165) is 24.1 Å². The molecule has 1 aliphatic rings. The first-order chi connectivity index (χ1) is 7.19. The lowest BCUT2D eigenvalue weighted by atomic mass is 10.1.